The first-order valence-corrected chi connectivity index (χ1v) is 3.89. The highest BCUT2D eigenvalue weighted by Crippen LogP contribution is 1.70. The lowest BCUT2D eigenvalue weighted by molar-refractivity contribution is -0.120. The first kappa shape index (κ1) is 10.2. The number of amides is 1. The molecular formula is C8H16N2O. The van der Waals surface area contributed by atoms with Gasteiger partial charge in [-0.3, -0.25) is 4.79 Å². The predicted octanol–water partition coefficient (Wildman–Crippen LogP) is 0.288. The molecule has 0 aliphatic carbocycles. The molecule has 3 heteroatoms. The van der Waals surface area contributed by atoms with Crippen LogP contribution in [-0.2, 0) is 4.79 Å². The second-order valence-electron chi connectivity index (χ2n) is 2.27. The van der Waals surface area contributed by atoms with Gasteiger partial charge in [0.25, 0.3) is 0 Å². The van der Waals surface area contributed by atoms with Crippen LogP contribution >= 0.6 is 0 Å². The molecule has 0 aliphatic heterocycles. The maximum Gasteiger partial charge on any atom is 0.233 e. The number of carbonyl (C=O) groups is 1. The lowest BCUT2D eigenvalue weighted by Crippen LogP contribution is -2.34. The quantitative estimate of drug-likeness (QED) is 0.428. The van der Waals surface area contributed by atoms with Crippen LogP contribution in [0.1, 0.15) is 13.3 Å². The minimum absolute atomic E-state index is 0.0497. The van der Waals surface area contributed by atoms with E-state index in [9.17, 15) is 4.79 Å². The molecular weight excluding hydrogens is 140 g/mol. The van der Waals surface area contributed by atoms with Crippen LogP contribution in [0.3, 0.4) is 0 Å². The number of hydrogen-bond donors (Lipinski definition) is 2. The molecule has 0 fully saturated rings. The highest BCUT2D eigenvalue weighted by Gasteiger charge is 1.95. The molecule has 0 saturated heterocycles. The van der Waals surface area contributed by atoms with E-state index in [2.05, 4.69) is 17.2 Å². The van der Waals surface area contributed by atoms with Crippen molar-refractivity contribution < 1.29 is 4.79 Å². The summed E-state index contributed by atoms with van der Waals surface area (Å²) in [7, 11) is 0. The van der Waals surface area contributed by atoms with Crippen LogP contribution in [0.4, 0.5) is 0 Å². The molecule has 2 N–H and O–H groups in total. The summed E-state index contributed by atoms with van der Waals surface area (Å²) in [6.45, 7) is 7.37. The van der Waals surface area contributed by atoms with Crippen molar-refractivity contribution >= 4 is 5.91 Å². The van der Waals surface area contributed by atoms with E-state index in [1.165, 1.54) is 0 Å². The molecule has 0 aromatic heterocycles. The van der Waals surface area contributed by atoms with E-state index < -0.39 is 0 Å². The minimum Gasteiger partial charge on any atom is -0.355 e. The summed E-state index contributed by atoms with van der Waals surface area (Å²) < 4.78 is 0. The summed E-state index contributed by atoms with van der Waals surface area (Å²) >= 11 is 0. The standard InChI is InChI=1S/C8H16N2O/c1-3-5-9-7-8(11)10-6-4-2/h3,9H,1,4-7H2,2H3,(H,10,11). The Morgan fingerprint density at radius 1 is 1.64 bits per heavy atom. The fraction of sp³-hybridized carbons (Fsp3) is 0.625. The smallest absolute Gasteiger partial charge is 0.233 e. The third-order valence-corrected chi connectivity index (χ3v) is 1.15. The van der Waals surface area contributed by atoms with Crippen molar-refractivity contribution in [3.63, 3.8) is 0 Å². The van der Waals surface area contributed by atoms with E-state index in [1.54, 1.807) is 6.08 Å². The third-order valence-electron chi connectivity index (χ3n) is 1.15. The van der Waals surface area contributed by atoms with Gasteiger partial charge in [-0.25, -0.2) is 0 Å². The molecule has 0 heterocycles. The van der Waals surface area contributed by atoms with E-state index in [0.29, 0.717) is 13.1 Å². The SMILES string of the molecule is C=CCNCC(=O)NCCC. The van der Waals surface area contributed by atoms with Crippen LogP contribution in [0.15, 0.2) is 12.7 Å². The summed E-state index contributed by atoms with van der Waals surface area (Å²) in [5.74, 6) is 0.0497. The molecule has 64 valence electrons. The third kappa shape index (κ3) is 7.06. The molecule has 0 spiro atoms. The molecule has 1 amide bonds. The zero-order valence-electron chi connectivity index (χ0n) is 7.02. The van der Waals surface area contributed by atoms with Gasteiger partial charge in [-0.05, 0) is 6.42 Å². The number of rotatable bonds is 6. The molecule has 11 heavy (non-hydrogen) atoms. The Kier molecular flexibility index (Phi) is 6.73. The first-order valence-electron chi connectivity index (χ1n) is 3.89. The molecule has 0 radical (unpaired) electrons. The van der Waals surface area contributed by atoms with Gasteiger partial charge in [0.1, 0.15) is 0 Å². The normalized spacial score (nSPS) is 9.18. The van der Waals surface area contributed by atoms with Gasteiger partial charge in [-0.1, -0.05) is 13.0 Å². The highest BCUT2D eigenvalue weighted by molar-refractivity contribution is 5.77. The van der Waals surface area contributed by atoms with Gasteiger partial charge in [0.05, 0.1) is 6.54 Å². The van der Waals surface area contributed by atoms with E-state index in [4.69, 9.17) is 0 Å². The van der Waals surface area contributed by atoms with Crippen LogP contribution in [0.25, 0.3) is 0 Å². The van der Waals surface area contributed by atoms with Gasteiger partial charge in [-0.15, -0.1) is 6.58 Å². The molecule has 0 rings (SSSR count). The van der Waals surface area contributed by atoms with Crippen molar-refractivity contribution in [2.24, 2.45) is 0 Å². The summed E-state index contributed by atoms with van der Waals surface area (Å²) in [5, 5.41) is 5.67. The number of carbonyl (C=O) groups excluding carboxylic acids is 1. The lowest BCUT2D eigenvalue weighted by atomic mass is 10.4. The summed E-state index contributed by atoms with van der Waals surface area (Å²) in [6, 6.07) is 0. The van der Waals surface area contributed by atoms with Gasteiger partial charge < -0.3 is 10.6 Å². The molecule has 0 aromatic rings. The second kappa shape index (κ2) is 7.28. The van der Waals surface area contributed by atoms with Crippen molar-refractivity contribution in [3.8, 4) is 0 Å². The van der Waals surface area contributed by atoms with E-state index in [0.717, 1.165) is 13.0 Å². The molecule has 0 aliphatic rings. The Morgan fingerprint density at radius 3 is 2.91 bits per heavy atom. The Hall–Kier alpha value is -0.830. The zero-order chi connectivity index (χ0) is 8.53. The van der Waals surface area contributed by atoms with E-state index in [1.807, 2.05) is 6.92 Å². The highest BCUT2D eigenvalue weighted by atomic mass is 16.1. The predicted molar refractivity (Wildman–Crippen MR) is 46.4 cm³/mol. The minimum atomic E-state index is 0.0497. The summed E-state index contributed by atoms with van der Waals surface area (Å²) in [4.78, 5) is 10.9. The van der Waals surface area contributed by atoms with Crippen molar-refractivity contribution in [1.29, 1.82) is 0 Å². The van der Waals surface area contributed by atoms with Crippen molar-refractivity contribution in [1.82, 2.24) is 10.6 Å². The monoisotopic (exact) mass is 156 g/mol. The Morgan fingerprint density at radius 2 is 2.36 bits per heavy atom. The van der Waals surface area contributed by atoms with Gasteiger partial charge >= 0.3 is 0 Å². The van der Waals surface area contributed by atoms with Crippen molar-refractivity contribution in [3.05, 3.63) is 12.7 Å². The Balaban J connectivity index is 3.15. The number of nitrogens with one attached hydrogen (secondary N) is 2. The van der Waals surface area contributed by atoms with E-state index >= 15 is 0 Å². The van der Waals surface area contributed by atoms with Gasteiger partial charge in [-0.2, -0.15) is 0 Å². The fourth-order valence-corrected chi connectivity index (χ4v) is 0.615. The number of hydrogen-bond acceptors (Lipinski definition) is 2. The van der Waals surface area contributed by atoms with E-state index in [-0.39, 0.29) is 5.91 Å². The maximum atomic E-state index is 10.9. The Bertz CT molecular complexity index is 123. The lowest BCUT2D eigenvalue weighted by Gasteiger charge is -2.02. The topological polar surface area (TPSA) is 41.1 Å². The van der Waals surface area contributed by atoms with Gasteiger partial charge in [0.2, 0.25) is 5.91 Å². The van der Waals surface area contributed by atoms with Crippen LogP contribution < -0.4 is 10.6 Å². The molecule has 0 aromatic carbocycles. The molecule has 0 atom stereocenters. The van der Waals surface area contributed by atoms with Crippen LogP contribution in [0.2, 0.25) is 0 Å². The van der Waals surface area contributed by atoms with Gasteiger partial charge in [0.15, 0.2) is 0 Å². The van der Waals surface area contributed by atoms with Crippen molar-refractivity contribution in [2.45, 2.75) is 13.3 Å². The van der Waals surface area contributed by atoms with Crippen LogP contribution in [-0.4, -0.2) is 25.5 Å². The van der Waals surface area contributed by atoms with Gasteiger partial charge in [0, 0.05) is 13.1 Å². The average molecular weight is 156 g/mol. The largest absolute Gasteiger partial charge is 0.355 e. The molecule has 0 unspecified atom stereocenters. The first-order chi connectivity index (χ1) is 5.31. The molecule has 0 saturated carbocycles. The summed E-state index contributed by atoms with van der Waals surface area (Å²) in [5.41, 5.74) is 0. The maximum absolute atomic E-state index is 10.9. The van der Waals surface area contributed by atoms with Crippen molar-refractivity contribution in [2.75, 3.05) is 19.6 Å². The van der Waals surface area contributed by atoms with Crippen LogP contribution in [0, 0.1) is 0 Å². The second-order valence-corrected chi connectivity index (χ2v) is 2.27. The zero-order valence-corrected chi connectivity index (χ0v) is 7.02. The fourth-order valence-electron chi connectivity index (χ4n) is 0.615. The molecule has 0 bridgehead atoms. The van der Waals surface area contributed by atoms with Crippen LogP contribution in [0.5, 0.6) is 0 Å². The summed E-state index contributed by atoms with van der Waals surface area (Å²) in [6.07, 6.45) is 2.71. The Labute approximate surface area is 67.9 Å². The molecule has 3 nitrogen and oxygen atoms in total. The average Bonchev–Trinajstić information content (AvgIpc) is 2.01.